The lowest BCUT2D eigenvalue weighted by atomic mass is 10.4. The van der Waals surface area contributed by atoms with E-state index in [1.807, 2.05) is 0 Å². The van der Waals surface area contributed by atoms with Gasteiger partial charge in [0.05, 0.1) is 0 Å². The van der Waals surface area contributed by atoms with E-state index in [-0.39, 0.29) is 19.1 Å². The zero-order valence-corrected chi connectivity index (χ0v) is 5.32. The van der Waals surface area contributed by atoms with Gasteiger partial charge < -0.3 is 5.32 Å². The lowest BCUT2D eigenvalue weighted by molar-refractivity contribution is -0.134. The van der Waals surface area contributed by atoms with E-state index in [2.05, 4.69) is 10.3 Å². The standard InChI is InChI=1S/C5H10FNO2/c1-2-5(8)7-3-4-9-6/h2-4H2,1H3,(H,7,8). The van der Waals surface area contributed by atoms with Crippen LogP contribution in [0.5, 0.6) is 0 Å². The summed E-state index contributed by atoms with van der Waals surface area (Å²) in [5.41, 5.74) is 0. The van der Waals surface area contributed by atoms with Crippen molar-refractivity contribution < 1.29 is 14.3 Å². The third-order valence-electron chi connectivity index (χ3n) is 0.822. The molecule has 3 nitrogen and oxygen atoms in total. The molecular weight excluding hydrogens is 125 g/mol. The van der Waals surface area contributed by atoms with Gasteiger partial charge in [0.15, 0.2) is 0 Å². The summed E-state index contributed by atoms with van der Waals surface area (Å²) in [6.45, 7) is 1.89. The monoisotopic (exact) mass is 135 g/mol. The summed E-state index contributed by atoms with van der Waals surface area (Å²) in [5, 5.41) is 2.43. The predicted octanol–water partition coefficient (Wildman–Crippen LogP) is 0.414. The first-order valence-corrected chi connectivity index (χ1v) is 2.81. The van der Waals surface area contributed by atoms with Gasteiger partial charge in [-0.05, 0) is 4.53 Å². The molecule has 0 aromatic heterocycles. The van der Waals surface area contributed by atoms with Crippen LogP contribution in [0.2, 0.25) is 0 Å². The highest BCUT2D eigenvalue weighted by atomic mass is 19.3. The number of nitrogens with one attached hydrogen (secondary N) is 1. The molecule has 0 unspecified atom stereocenters. The number of hydrogen-bond donors (Lipinski definition) is 1. The highest BCUT2D eigenvalue weighted by Gasteiger charge is 1.93. The molecule has 0 saturated heterocycles. The maximum atomic E-state index is 10.9. The van der Waals surface area contributed by atoms with E-state index >= 15 is 0 Å². The van der Waals surface area contributed by atoms with Crippen molar-refractivity contribution >= 4 is 5.91 Å². The van der Waals surface area contributed by atoms with Gasteiger partial charge in [-0.1, -0.05) is 6.92 Å². The minimum absolute atomic E-state index is 0.0776. The molecule has 0 aliphatic heterocycles. The van der Waals surface area contributed by atoms with Gasteiger partial charge in [-0.3, -0.25) is 4.79 Å². The topological polar surface area (TPSA) is 38.3 Å². The predicted molar refractivity (Wildman–Crippen MR) is 30.4 cm³/mol. The Balaban J connectivity index is 2.97. The van der Waals surface area contributed by atoms with E-state index in [0.29, 0.717) is 6.42 Å². The zero-order chi connectivity index (χ0) is 7.11. The van der Waals surface area contributed by atoms with E-state index in [9.17, 15) is 9.32 Å². The molecule has 0 aromatic rings. The van der Waals surface area contributed by atoms with Crippen LogP contribution in [0.1, 0.15) is 13.3 Å². The van der Waals surface area contributed by atoms with Crippen LogP contribution in [0.15, 0.2) is 0 Å². The van der Waals surface area contributed by atoms with Crippen molar-refractivity contribution in [2.45, 2.75) is 13.3 Å². The third-order valence-corrected chi connectivity index (χ3v) is 0.822. The summed E-state index contributed by atoms with van der Waals surface area (Å²) in [7, 11) is 0. The smallest absolute Gasteiger partial charge is 0.219 e. The van der Waals surface area contributed by atoms with Crippen LogP contribution >= 0.6 is 0 Å². The fraction of sp³-hybridized carbons (Fsp3) is 0.800. The molecule has 0 saturated carbocycles. The molecule has 0 heterocycles. The van der Waals surface area contributed by atoms with Crippen LogP contribution in [0.3, 0.4) is 0 Å². The average molecular weight is 135 g/mol. The number of amides is 1. The van der Waals surface area contributed by atoms with E-state index in [1.165, 1.54) is 0 Å². The molecule has 54 valence electrons. The van der Waals surface area contributed by atoms with Gasteiger partial charge in [-0.25, -0.2) is 0 Å². The Morgan fingerprint density at radius 3 is 2.89 bits per heavy atom. The fourth-order valence-electron chi connectivity index (χ4n) is 0.354. The van der Waals surface area contributed by atoms with Crippen molar-refractivity contribution in [1.82, 2.24) is 5.32 Å². The Morgan fingerprint density at radius 2 is 2.44 bits per heavy atom. The van der Waals surface area contributed by atoms with Crippen LogP contribution in [0.4, 0.5) is 4.53 Å². The summed E-state index contributed by atoms with van der Waals surface area (Å²) in [5.74, 6) is -0.0907. The van der Waals surface area contributed by atoms with Gasteiger partial charge in [0.2, 0.25) is 5.91 Å². The molecule has 0 spiro atoms. The average Bonchev–Trinajstić information content (AvgIpc) is 1.89. The van der Waals surface area contributed by atoms with Crippen molar-refractivity contribution in [2.24, 2.45) is 0 Å². The summed E-state index contributed by atoms with van der Waals surface area (Å²) < 4.78 is 10.9. The largest absolute Gasteiger partial charge is 0.354 e. The number of carbonyl (C=O) groups excluding carboxylic acids is 1. The Bertz CT molecular complexity index is 87.0. The summed E-state index contributed by atoms with van der Waals surface area (Å²) in [6.07, 6.45) is 0.423. The third kappa shape index (κ3) is 5.23. The Hall–Kier alpha value is -0.640. The van der Waals surface area contributed by atoms with Gasteiger partial charge >= 0.3 is 0 Å². The molecule has 4 heteroatoms. The fourth-order valence-corrected chi connectivity index (χ4v) is 0.354. The normalized spacial score (nSPS) is 9.11. The molecule has 0 radical (unpaired) electrons. The first-order valence-electron chi connectivity index (χ1n) is 2.81. The lowest BCUT2D eigenvalue weighted by Crippen LogP contribution is -2.25. The maximum Gasteiger partial charge on any atom is 0.219 e. The first kappa shape index (κ1) is 8.36. The molecule has 0 bridgehead atoms. The van der Waals surface area contributed by atoms with E-state index in [0.717, 1.165) is 0 Å². The van der Waals surface area contributed by atoms with Crippen molar-refractivity contribution in [1.29, 1.82) is 0 Å². The van der Waals surface area contributed by atoms with Gasteiger partial charge in [0.1, 0.15) is 6.61 Å². The molecule has 0 aliphatic carbocycles. The van der Waals surface area contributed by atoms with Crippen LogP contribution in [0, 0.1) is 0 Å². The number of hydrogen-bond acceptors (Lipinski definition) is 2. The van der Waals surface area contributed by atoms with Crippen molar-refractivity contribution in [3.63, 3.8) is 0 Å². The second-order valence-corrected chi connectivity index (χ2v) is 1.52. The van der Waals surface area contributed by atoms with E-state index in [1.54, 1.807) is 6.92 Å². The van der Waals surface area contributed by atoms with Crippen LogP contribution in [0.25, 0.3) is 0 Å². The Morgan fingerprint density at radius 1 is 1.78 bits per heavy atom. The minimum Gasteiger partial charge on any atom is -0.354 e. The highest BCUT2D eigenvalue weighted by molar-refractivity contribution is 5.75. The summed E-state index contributed by atoms with van der Waals surface area (Å²) in [6, 6.07) is 0. The van der Waals surface area contributed by atoms with E-state index < -0.39 is 0 Å². The van der Waals surface area contributed by atoms with Crippen LogP contribution < -0.4 is 5.32 Å². The first-order chi connectivity index (χ1) is 4.31. The SMILES string of the molecule is CCC(=O)NCCOF. The van der Waals surface area contributed by atoms with Crippen molar-refractivity contribution in [3.05, 3.63) is 0 Å². The lowest BCUT2D eigenvalue weighted by Gasteiger charge is -1.97. The number of rotatable bonds is 4. The van der Waals surface area contributed by atoms with Gasteiger partial charge in [0.25, 0.3) is 0 Å². The highest BCUT2D eigenvalue weighted by Crippen LogP contribution is 1.75. The van der Waals surface area contributed by atoms with Crippen molar-refractivity contribution in [2.75, 3.05) is 13.2 Å². The number of halogens is 1. The molecule has 9 heavy (non-hydrogen) atoms. The van der Waals surface area contributed by atoms with Crippen LogP contribution in [-0.4, -0.2) is 19.1 Å². The quantitative estimate of drug-likeness (QED) is 0.567. The van der Waals surface area contributed by atoms with Gasteiger partial charge in [0, 0.05) is 13.0 Å². The Labute approximate surface area is 53.1 Å². The molecule has 0 rings (SSSR count). The maximum absolute atomic E-state index is 10.9. The minimum atomic E-state index is -0.0907. The van der Waals surface area contributed by atoms with Gasteiger partial charge in [-0.15, -0.1) is 0 Å². The summed E-state index contributed by atoms with van der Waals surface area (Å²) in [4.78, 5) is 13.6. The van der Waals surface area contributed by atoms with Gasteiger partial charge in [-0.2, -0.15) is 4.94 Å². The molecular formula is C5H10FNO2. The molecule has 1 amide bonds. The van der Waals surface area contributed by atoms with Crippen molar-refractivity contribution in [3.8, 4) is 0 Å². The molecule has 0 atom stereocenters. The molecule has 0 aromatic carbocycles. The van der Waals surface area contributed by atoms with E-state index in [4.69, 9.17) is 0 Å². The second kappa shape index (κ2) is 5.50. The second-order valence-electron chi connectivity index (χ2n) is 1.52. The number of carbonyl (C=O) groups is 1. The molecule has 0 fully saturated rings. The molecule has 0 aliphatic rings. The van der Waals surface area contributed by atoms with Crippen LogP contribution in [-0.2, 0) is 9.74 Å². The molecule has 1 N–H and O–H groups in total. The zero-order valence-electron chi connectivity index (χ0n) is 5.32. The Kier molecular flexibility index (Phi) is 5.11. The summed E-state index contributed by atoms with van der Waals surface area (Å²) >= 11 is 0.